The van der Waals surface area contributed by atoms with Crippen molar-refractivity contribution in [3.8, 4) is 11.1 Å². The lowest BCUT2D eigenvalue weighted by Crippen LogP contribution is -2.34. The minimum atomic E-state index is 0.174. The molecule has 0 saturated carbocycles. The van der Waals surface area contributed by atoms with Gasteiger partial charge in [-0.3, -0.25) is 0 Å². The fourth-order valence-corrected chi connectivity index (χ4v) is 4.37. The Bertz CT molecular complexity index is 878. The van der Waals surface area contributed by atoms with Gasteiger partial charge in [-0.15, -0.1) is 0 Å². The second-order valence-corrected chi connectivity index (χ2v) is 9.51. The zero-order chi connectivity index (χ0) is 20.0. The molecule has 1 aliphatic rings. The van der Waals surface area contributed by atoms with E-state index in [0.717, 1.165) is 5.56 Å². The fraction of sp³-hybridized carbons (Fsp3) is 0.500. The van der Waals surface area contributed by atoms with Crippen LogP contribution in [0.5, 0.6) is 0 Å². The van der Waals surface area contributed by atoms with E-state index in [-0.39, 0.29) is 17.4 Å². The molecule has 0 radical (unpaired) electrons. The second kappa shape index (κ2) is 6.78. The van der Waals surface area contributed by atoms with Gasteiger partial charge in [-0.05, 0) is 76.6 Å². The summed E-state index contributed by atoms with van der Waals surface area (Å²) in [6.07, 6.45) is 2.42. The second-order valence-electron chi connectivity index (χ2n) is 9.51. The van der Waals surface area contributed by atoms with Crippen LogP contribution < -0.4 is 4.90 Å². The Labute approximate surface area is 163 Å². The first-order chi connectivity index (χ1) is 12.6. The molecule has 3 heteroatoms. The molecular weight excluding hydrogens is 332 g/mol. The normalized spacial score (nSPS) is 17.3. The van der Waals surface area contributed by atoms with Gasteiger partial charge >= 0.3 is 0 Å². The van der Waals surface area contributed by atoms with Gasteiger partial charge in [0.25, 0.3) is 0 Å². The van der Waals surface area contributed by atoms with Crippen LogP contribution in [0, 0.1) is 11.8 Å². The average molecular weight is 365 g/mol. The third-order valence-electron chi connectivity index (χ3n) is 6.28. The van der Waals surface area contributed by atoms with Crippen LogP contribution in [-0.4, -0.2) is 14.1 Å². The van der Waals surface area contributed by atoms with E-state index < -0.39 is 0 Å². The van der Waals surface area contributed by atoms with Crippen LogP contribution in [-0.2, 0) is 17.4 Å². The molecule has 0 unspecified atom stereocenters. The van der Waals surface area contributed by atoms with Crippen molar-refractivity contribution in [2.24, 2.45) is 5.18 Å². The summed E-state index contributed by atoms with van der Waals surface area (Å²) >= 11 is 0. The lowest BCUT2D eigenvalue weighted by atomic mass is 9.62. The van der Waals surface area contributed by atoms with Gasteiger partial charge in [-0.1, -0.05) is 45.0 Å². The zero-order valence-corrected chi connectivity index (χ0v) is 17.8. The fourth-order valence-electron chi connectivity index (χ4n) is 4.37. The molecule has 0 spiro atoms. The van der Waals surface area contributed by atoms with Crippen molar-refractivity contribution >= 4 is 5.69 Å². The van der Waals surface area contributed by atoms with Crippen LogP contribution >= 0.6 is 0 Å². The first kappa shape index (κ1) is 19.6. The van der Waals surface area contributed by atoms with Gasteiger partial charge in [0.05, 0.1) is 0 Å². The maximum Gasteiger partial charge on any atom is 0.106 e. The van der Waals surface area contributed by atoms with Crippen molar-refractivity contribution in [2.75, 3.05) is 19.0 Å². The topological polar surface area (TPSA) is 32.7 Å². The van der Waals surface area contributed by atoms with Crippen molar-refractivity contribution in [3.63, 3.8) is 0 Å². The number of fused-ring (bicyclic) bond motifs is 1. The highest BCUT2D eigenvalue weighted by atomic mass is 16.3. The maximum atomic E-state index is 10.8. The van der Waals surface area contributed by atoms with E-state index in [9.17, 15) is 4.91 Å². The van der Waals surface area contributed by atoms with Gasteiger partial charge in [0.1, 0.15) is 6.54 Å². The molecule has 0 aliphatic heterocycles. The first-order valence-corrected chi connectivity index (χ1v) is 9.82. The molecule has 0 aromatic heterocycles. The lowest BCUT2D eigenvalue weighted by molar-refractivity contribution is 0.332. The van der Waals surface area contributed by atoms with E-state index in [1.54, 1.807) is 0 Å². The molecule has 3 nitrogen and oxygen atoms in total. The number of nitrogens with zero attached hydrogens (tertiary/aromatic N) is 2. The molecule has 1 aliphatic carbocycles. The number of rotatable bonds is 4. The molecule has 144 valence electrons. The predicted molar refractivity (Wildman–Crippen MR) is 116 cm³/mol. The quantitative estimate of drug-likeness (QED) is 0.593. The number of aryl methyl sites for hydroxylation is 1. The highest BCUT2D eigenvalue weighted by Gasteiger charge is 2.37. The summed E-state index contributed by atoms with van der Waals surface area (Å²) in [7, 11) is 4.13. The Morgan fingerprint density at radius 1 is 0.926 bits per heavy atom. The number of anilines is 1. The lowest BCUT2D eigenvalue weighted by Gasteiger charge is -2.42. The molecule has 27 heavy (non-hydrogen) atoms. The summed E-state index contributed by atoms with van der Waals surface area (Å²) in [4.78, 5) is 12.9. The van der Waals surface area contributed by atoms with E-state index in [2.05, 4.69) is 83.1 Å². The van der Waals surface area contributed by atoms with Crippen LogP contribution in [0.1, 0.15) is 62.8 Å². The zero-order valence-electron chi connectivity index (χ0n) is 17.8. The van der Waals surface area contributed by atoms with Gasteiger partial charge in [0.15, 0.2) is 0 Å². The number of hydrogen-bond donors (Lipinski definition) is 0. The summed E-state index contributed by atoms with van der Waals surface area (Å²) in [6.45, 7) is 11.9. The van der Waals surface area contributed by atoms with Crippen LogP contribution in [0.25, 0.3) is 11.1 Å². The van der Waals surface area contributed by atoms with Gasteiger partial charge < -0.3 is 4.90 Å². The summed E-state index contributed by atoms with van der Waals surface area (Å²) in [5, 5.41) is 3.09. The van der Waals surface area contributed by atoms with Crippen molar-refractivity contribution in [1.82, 2.24) is 0 Å². The van der Waals surface area contributed by atoms with E-state index in [1.165, 1.54) is 46.3 Å². The Kier molecular flexibility index (Phi) is 4.92. The van der Waals surface area contributed by atoms with E-state index in [1.807, 2.05) is 6.07 Å². The van der Waals surface area contributed by atoms with E-state index in [0.29, 0.717) is 0 Å². The van der Waals surface area contributed by atoms with Crippen LogP contribution in [0.15, 0.2) is 35.5 Å². The first-order valence-electron chi connectivity index (χ1n) is 9.82. The average Bonchev–Trinajstić information content (AvgIpc) is 2.59. The molecule has 0 heterocycles. The molecule has 0 N–H and O–H groups in total. The van der Waals surface area contributed by atoms with Crippen molar-refractivity contribution in [2.45, 2.75) is 64.8 Å². The van der Waals surface area contributed by atoms with Gasteiger partial charge in [-0.25, -0.2) is 0 Å². The Balaban J connectivity index is 2.27. The molecule has 0 atom stereocenters. The van der Waals surface area contributed by atoms with Gasteiger partial charge in [0.2, 0.25) is 0 Å². The standard InChI is InChI=1S/C24H32N2O/c1-16-12-20-21(24(4,5)11-10-23(20,2)3)14-18(16)19-13-17(15-25-27)8-9-22(19)26(6)7/h8-9,12-14H,10-11,15H2,1-7H3. The van der Waals surface area contributed by atoms with Crippen LogP contribution in [0.3, 0.4) is 0 Å². The van der Waals surface area contributed by atoms with E-state index >= 15 is 0 Å². The van der Waals surface area contributed by atoms with Crippen molar-refractivity contribution in [3.05, 3.63) is 57.5 Å². The molecular formula is C24H32N2O. The minimum absolute atomic E-state index is 0.174. The summed E-state index contributed by atoms with van der Waals surface area (Å²) in [6, 6.07) is 11.0. The number of benzene rings is 2. The molecule has 0 fully saturated rings. The van der Waals surface area contributed by atoms with Crippen LogP contribution in [0.2, 0.25) is 0 Å². The Morgan fingerprint density at radius 3 is 2.07 bits per heavy atom. The Morgan fingerprint density at radius 2 is 1.52 bits per heavy atom. The highest BCUT2D eigenvalue weighted by molar-refractivity contribution is 5.82. The molecule has 3 rings (SSSR count). The molecule has 2 aromatic carbocycles. The van der Waals surface area contributed by atoms with E-state index in [4.69, 9.17) is 0 Å². The monoisotopic (exact) mass is 364 g/mol. The van der Waals surface area contributed by atoms with Gasteiger partial charge in [0, 0.05) is 25.3 Å². The summed E-state index contributed by atoms with van der Waals surface area (Å²) in [5.74, 6) is 0. The highest BCUT2D eigenvalue weighted by Crippen LogP contribution is 2.48. The van der Waals surface area contributed by atoms with Crippen LogP contribution in [0.4, 0.5) is 5.69 Å². The number of nitroso groups, excluding NO2 is 1. The predicted octanol–water partition coefficient (Wildman–Crippen LogP) is 6.34. The largest absolute Gasteiger partial charge is 0.377 e. The molecule has 2 aromatic rings. The molecule has 0 saturated heterocycles. The third kappa shape index (κ3) is 3.52. The number of hydrogen-bond acceptors (Lipinski definition) is 3. The Hall–Kier alpha value is -2.16. The SMILES string of the molecule is Cc1cc2c(cc1-c1cc(CN=O)ccc1N(C)C)C(C)(C)CCC2(C)C. The summed E-state index contributed by atoms with van der Waals surface area (Å²) < 4.78 is 0. The smallest absolute Gasteiger partial charge is 0.106 e. The third-order valence-corrected chi connectivity index (χ3v) is 6.28. The summed E-state index contributed by atoms with van der Waals surface area (Å²) in [5.41, 5.74) is 9.19. The molecule has 0 bridgehead atoms. The van der Waals surface area contributed by atoms with Crippen molar-refractivity contribution < 1.29 is 0 Å². The van der Waals surface area contributed by atoms with Gasteiger partial charge in [-0.2, -0.15) is 4.91 Å². The maximum absolute atomic E-state index is 10.8. The minimum Gasteiger partial charge on any atom is -0.377 e. The van der Waals surface area contributed by atoms with Crippen molar-refractivity contribution in [1.29, 1.82) is 0 Å². The molecule has 0 amide bonds.